The van der Waals surface area contributed by atoms with E-state index in [0.717, 1.165) is 30.4 Å². The van der Waals surface area contributed by atoms with Gasteiger partial charge in [-0.3, -0.25) is 4.90 Å². The molecule has 2 aromatic carbocycles. The molecule has 31 heavy (non-hydrogen) atoms. The Morgan fingerprint density at radius 3 is 2.06 bits per heavy atom. The second-order valence-electron chi connectivity index (χ2n) is 8.49. The first-order valence-corrected chi connectivity index (χ1v) is 11.3. The highest BCUT2D eigenvalue weighted by atomic mass is 16.6. The van der Waals surface area contributed by atoms with Gasteiger partial charge in [0.05, 0.1) is 0 Å². The number of carbonyl (C=O) groups excluding carboxylic acids is 1. The van der Waals surface area contributed by atoms with E-state index in [-0.39, 0.29) is 12.5 Å². The highest BCUT2D eigenvalue weighted by Crippen LogP contribution is 2.44. The molecule has 1 aliphatic rings. The Morgan fingerprint density at radius 2 is 1.55 bits per heavy atom. The van der Waals surface area contributed by atoms with Crippen molar-refractivity contribution in [3.05, 3.63) is 59.7 Å². The van der Waals surface area contributed by atoms with Crippen molar-refractivity contribution in [1.29, 1.82) is 0 Å². The van der Waals surface area contributed by atoms with E-state index < -0.39 is 17.6 Å². The van der Waals surface area contributed by atoms with Gasteiger partial charge in [0.1, 0.15) is 12.1 Å². The third-order valence-corrected chi connectivity index (χ3v) is 6.33. The molecule has 0 saturated heterocycles. The molecule has 0 aromatic heterocycles. The average molecular weight is 424 g/mol. The lowest BCUT2D eigenvalue weighted by Gasteiger charge is -2.37. The maximum atomic E-state index is 13.1. The molecule has 1 aliphatic carbocycles. The quantitative estimate of drug-likeness (QED) is 0.471. The average Bonchev–Trinajstić information content (AvgIpc) is 3.09. The Bertz CT molecular complexity index is 880. The van der Waals surface area contributed by atoms with Crippen LogP contribution in [-0.4, -0.2) is 40.8 Å². The van der Waals surface area contributed by atoms with Crippen LogP contribution >= 0.6 is 0 Å². The summed E-state index contributed by atoms with van der Waals surface area (Å²) in [5, 5.41) is 9.97. The molecule has 0 aliphatic heterocycles. The Labute approximate surface area is 185 Å². The monoisotopic (exact) mass is 423 g/mol. The third kappa shape index (κ3) is 4.60. The van der Waals surface area contributed by atoms with Crippen molar-refractivity contribution in [3.63, 3.8) is 0 Å². The number of rotatable bonds is 10. The van der Waals surface area contributed by atoms with E-state index in [0.29, 0.717) is 19.4 Å². The molecular weight excluding hydrogens is 390 g/mol. The molecule has 5 nitrogen and oxygen atoms in total. The summed E-state index contributed by atoms with van der Waals surface area (Å²) in [7, 11) is 0. The van der Waals surface area contributed by atoms with Crippen molar-refractivity contribution >= 4 is 12.1 Å². The predicted octanol–water partition coefficient (Wildman–Crippen LogP) is 6.07. The number of carbonyl (C=O) groups is 2. The van der Waals surface area contributed by atoms with E-state index in [1.54, 1.807) is 6.92 Å². The lowest BCUT2D eigenvalue weighted by atomic mass is 9.92. The first-order chi connectivity index (χ1) is 14.9. The summed E-state index contributed by atoms with van der Waals surface area (Å²) in [5.74, 6) is -1.03. The molecule has 1 unspecified atom stereocenters. The Hall–Kier alpha value is -2.82. The molecule has 0 spiro atoms. The van der Waals surface area contributed by atoms with Crippen LogP contribution in [0, 0.1) is 0 Å². The standard InChI is InChI=1S/C26H33NO4/c1-4-6-11-16-26(3,24(28)29)27(17-5-2)25(30)31-18-23-21-14-9-7-12-19(21)20-13-8-10-15-22(20)23/h7-10,12-15,23H,4-6,11,16-18H2,1-3H3,(H,28,29). The molecule has 0 saturated carbocycles. The smallest absolute Gasteiger partial charge is 0.410 e. The number of ether oxygens (including phenoxy) is 1. The van der Waals surface area contributed by atoms with Gasteiger partial charge in [0.15, 0.2) is 0 Å². The highest BCUT2D eigenvalue weighted by molar-refractivity contribution is 5.84. The minimum Gasteiger partial charge on any atom is -0.480 e. The van der Waals surface area contributed by atoms with Crippen molar-refractivity contribution in [2.75, 3.05) is 13.2 Å². The molecule has 0 radical (unpaired) electrons. The van der Waals surface area contributed by atoms with Crippen molar-refractivity contribution in [2.24, 2.45) is 0 Å². The van der Waals surface area contributed by atoms with Crippen LogP contribution < -0.4 is 0 Å². The van der Waals surface area contributed by atoms with Crippen LogP contribution in [-0.2, 0) is 9.53 Å². The molecule has 2 aromatic rings. The highest BCUT2D eigenvalue weighted by Gasteiger charge is 2.42. The summed E-state index contributed by atoms with van der Waals surface area (Å²) < 4.78 is 5.78. The zero-order valence-electron chi connectivity index (χ0n) is 18.8. The number of unbranched alkanes of at least 4 members (excludes halogenated alkanes) is 2. The van der Waals surface area contributed by atoms with Crippen LogP contribution in [0.15, 0.2) is 48.5 Å². The topological polar surface area (TPSA) is 66.8 Å². The zero-order valence-corrected chi connectivity index (χ0v) is 18.8. The third-order valence-electron chi connectivity index (χ3n) is 6.33. The van der Waals surface area contributed by atoms with Gasteiger partial charge in [0.25, 0.3) is 0 Å². The largest absolute Gasteiger partial charge is 0.480 e. The normalized spacial score (nSPS) is 14.4. The van der Waals surface area contributed by atoms with Gasteiger partial charge in [0, 0.05) is 12.5 Å². The Morgan fingerprint density at radius 1 is 0.968 bits per heavy atom. The maximum Gasteiger partial charge on any atom is 0.410 e. The van der Waals surface area contributed by atoms with E-state index in [9.17, 15) is 14.7 Å². The van der Waals surface area contributed by atoms with E-state index in [4.69, 9.17) is 4.74 Å². The molecule has 0 fully saturated rings. The number of hydrogen-bond donors (Lipinski definition) is 1. The molecule has 1 atom stereocenters. The molecule has 3 rings (SSSR count). The second-order valence-corrected chi connectivity index (χ2v) is 8.49. The number of benzene rings is 2. The Balaban J connectivity index is 1.79. The number of aliphatic carboxylic acids is 1. The molecule has 0 bridgehead atoms. The van der Waals surface area contributed by atoms with Crippen molar-refractivity contribution < 1.29 is 19.4 Å². The van der Waals surface area contributed by atoms with E-state index >= 15 is 0 Å². The van der Waals surface area contributed by atoms with Crippen LogP contribution in [0.2, 0.25) is 0 Å². The van der Waals surface area contributed by atoms with E-state index in [1.807, 2.05) is 31.2 Å². The molecular formula is C26H33NO4. The van der Waals surface area contributed by atoms with Crippen LogP contribution in [0.25, 0.3) is 11.1 Å². The lowest BCUT2D eigenvalue weighted by Crippen LogP contribution is -2.55. The molecule has 1 N–H and O–H groups in total. The molecule has 5 heteroatoms. The summed E-state index contributed by atoms with van der Waals surface area (Å²) in [5.41, 5.74) is 3.34. The van der Waals surface area contributed by atoms with Gasteiger partial charge in [-0.15, -0.1) is 0 Å². The first-order valence-electron chi connectivity index (χ1n) is 11.3. The fourth-order valence-corrected chi connectivity index (χ4v) is 4.51. The summed E-state index contributed by atoms with van der Waals surface area (Å²) in [6, 6.07) is 16.4. The first kappa shape index (κ1) is 22.9. The predicted molar refractivity (Wildman–Crippen MR) is 122 cm³/mol. The van der Waals surface area contributed by atoms with Gasteiger partial charge in [-0.2, -0.15) is 0 Å². The Kier molecular flexibility index (Phi) is 7.37. The zero-order chi connectivity index (χ0) is 22.4. The SMILES string of the molecule is CCCCCC(C)(C(=O)O)N(CCC)C(=O)OCC1c2ccccc2-c2ccccc21. The number of carboxylic acid groups (broad SMARTS) is 1. The van der Waals surface area contributed by atoms with Crippen molar-refractivity contribution in [2.45, 2.75) is 64.3 Å². The summed E-state index contributed by atoms with van der Waals surface area (Å²) in [6.07, 6.45) is 3.23. The maximum absolute atomic E-state index is 13.1. The number of fused-ring (bicyclic) bond motifs is 3. The summed E-state index contributed by atoms with van der Waals surface area (Å²) >= 11 is 0. The van der Waals surface area contributed by atoms with Crippen LogP contribution in [0.4, 0.5) is 4.79 Å². The fourth-order valence-electron chi connectivity index (χ4n) is 4.51. The number of carboxylic acids is 1. The summed E-state index contributed by atoms with van der Waals surface area (Å²) in [4.78, 5) is 26.7. The van der Waals surface area contributed by atoms with Gasteiger partial charge in [-0.25, -0.2) is 9.59 Å². The van der Waals surface area contributed by atoms with Crippen LogP contribution in [0.5, 0.6) is 0 Å². The van der Waals surface area contributed by atoms with Crippen LogP contribution in [0.3, 0.4) is 0 Å². The van der Waals surface area contributed by atoms with Gasteiger partial charge in [-0.1, -0.05) is 81.6 Å². The van der Waals surface area contributed by atoms with Gasteiger partial charge >= 0.3 is 12.1 Å². The lowest BCUT2D eigenvalue weighted by molar-refractivity contribution is -0.150. The van der Waals surface area contributed by atoms with E-state index in [2.05, 4.69) is 31.2 Å². The van der Waals surface area contributed by atoms with Crippen molar-refractivity contribution in [1.82, 2.24) is 4.90 Å². The van der Waals surface area contributed by atoms with Gasteiger partial charge in [-0.05, 0) is 42.0 Å². The van der Waals surface area contributed by atoms with Crippen molar-refractivity contribution in [3.8, 4) is 11.1 Å². The molecule has 0 heterocycles. The number of nitrogens with zero attached hydrogens (tertiary/aromatic N) is 1. The number of hydrogen-bond acceptors (Lipinski definition) is 3. The summed E-state index contributed by atoms with van der Waals surface area (Å²) in [6.45, 7) is 6.21. The van der Waals surface area contributed by atoms with E-state index in [1.165, 1.54) is 16.0 Å². The molecule has 166 valence electrons. The number of amides is 1. The van der Waals surface area contributed by atoms with Crippen LogP contribution in [0.1, 0.15) is 69.9 Å². The fraction of sp³-hybridized carbons (Fsp3) is 0.462. The second kappa shape index (κ2) is 9.99. The van der Waals surface area contributed by atoms with Gasteiger partial charge < -0.3 is 9.84 Å². The minimum absolute atomic E-state index is 0.0454. The molecule has 1 amide bonds. The minimum atomic E-state index is -1.27. The van der Waals surface area contributed by atoms with Gasteiger partial charge in [0.2, 0.25) is 0 Å².